The van der Waals surface area contributed by atoms with Crippen molar-refractivity contribution in [2.24, 2.45) is 5.92 Å². The molecule has 0 aromatic heterocycles. The summed E-state index contributed by atoms with van der Waals surface area (Å²) in [6, 6.07) is 0. The minimum atomic E-state index is -0.976. The first-order valence-electron chi connectivity index (χ1n) is 3.63. The van der Waals surface area contributed by atoms with Crippen LogP contribution in [-0.2, 0) is 14.3 Å². The molecule has 4 nitrogen and oxygen atoms in total. The molecule has 2 unspecified atom stereocenters. The highest BCUT2D eigenvalue weighted by Gasteiger charge is 2.30. The van der Waals surface area contributed by atoms with E-state index in [-0.39, 0.29) is 0 Å². The van der Waals surface area contributed by atoms with E-state index in [9.17, 15) is 4.79 Å². The van der Waals surface area contributed by atoms with E-state index in [0.29, 0.717) is 13.0 Å². The summed E-state index contributed by atoms with van der Waals surface area (Å²) in [7, 11) is 1.31. The summed E-state index contributed by atoms with van der Waals surface area (Å²) >= 11 is 0. The van der Waals surface area contributed by atoms with Crippen molar-refractivity contribution in [3.05, 3.63) is 0 Å². The minimum absolute atomic E-state index is 0.391. The lowest BCUT2D eigenvalue weighted by atomic mass is 10.0. The molecule has 0 aromatic carbocycles. The quantitative estimate of drug-likeness (QED) is 0.544. The Hall–Kier alpha value is -0.610. The third-order valence-electron chi connectivity index (χ3n) is 1.80. The molecule has 1 fully saturated rings. The molecule has 0 aromatic rings. The second-order valence-electron chi connectivity index (χ2n) is 2.53. The number of aliphatic hydroxyl groups excluding tert-OH is 1. The lowest BCUT2D eigenvalue weighted by Gasteiger charge is -2.25. The normalized spacial score (nSPS) is 31.5. The average Bonchev–Trinajstić information content (AvgIpc) is 2.04. The first-order valence-corrected chi connectivity index (χ1v) is 3.63. The van der Waals surface area contributed by atoms with Crippen molar-refractivity contribution < 1.29 is 19.4 Å². The molecule has 0 radical (unpaired) electrons. The molecule has 4 heteroatoms. The number of rotatable bonds is 1. The molecule has 1 aliphatic heterocycles. The van der Waals surface area contributed by atoms with E-state index in [1.165, 1.54) is 7.11 Å². The Morgan fingerprint density at radius 3 is 3.00 bits per heavy atom. The van der Waals surface area contributed by atoms with Crippen molar-refractivity contribution in [2.75, 3.05) is 13.7 Å². The summed E-state index contributed by atoms with van der Waals surface area (Å²) in [5, 5.41) is 9.15. The summed E-state index contributed by atoms with van der Waals surface area (Å²) < 4.78 is 9.35. The molecular weight excluding hydrogens is 148 g/mol. The fourth-order valence-corrected chi connectivity index (χ4v) is 1.15. The lowest BCUT2D eigenvalue weighted by Crippen LogP contribution is -2.35. The van der Waals surface area contributed by atoms with Crippen LogP contribution in [0.4, 0.5) is 0 Å². The Balaban J connectivity index is 2.47. The fraction of sp³-hybridized carbons (Fsp3) is 0.857. The summed E-state index contributed by atoms with van der Waals surface area (Å²) in [5.74, 6) is -0.883. The summed E-state index contributed by atoms with van der Waals surface area (Å²) in [6.45, 7) is 0.522. The van der Waals surface area contributed by atoms with Crippen LogP contribution in [0.1, 0.15) is 12.8 Å². The molecule has 11 heavy (non-hydrogen) atoms. The van der Waals surface area contributed by atoms with Gasteiger partial charge in [-0.25, -0.2) is 0 Å². The van der Waals surface area contributed by atoms with Crippen LogP contribution in [0.25, 0.3) is 0 Å². The smallest absolute Gasteiger partial charge is 0.313 e. The molecule has 0 saturated carbocycles. The first-order chi connectivity index (χ1) is 5.25. The zero-order chi connectivity index (χ0) is 8.27. The number of methoxy groups -OCH3 is 1. The molecule has 1 heterocycles. The van der Waals surface area contributed by atoms with Gasteiger partial charge in [0.2, 0.25) is 0 Å². The van der Waals surface area contributed by atoms with Crippen LogP contribution in [0.2, 0.25) is 0 Å². The lowest BCUT2D eigenvalue weighted by molar-refractivity contribution is -0.185. The third-order valence-corrected chi connectivity index (χ3v) is 1.80. The second kappa shape index (κ2) is 3.69. The van der Waals surface area contributed by atoms with Gasteiger partial charge in [-0.3, -0.25) is 4.79 Å². The second-order valence-corrected chi connectivity index (χ2v) is 2.53. The van der Waals surface area contributed by atoms with Crippen LogP contribution >= 0.6 is 0 Å². The summed E-state index contributed by atoms with van der Waals surface area (Å²) in [4.78, 5) is 10.9. The molecule has 1 N–H and O–H groups in total. The number of aliphatic hydroxyl groups is 1. The van der Waals surface area contributed by atoms with E-state index in [2.05, 4.69) is 4.74 Å². The fourth-order valence-electron chi connectivity index (χ4n) is 1.15. The SMILES string of the molecule is COC(=O)C1CCCOC1O. The summed E-state index contributed by atoms with van der Waals surface area (Å²) in [5.41, 5.74) is 0. The van der Waals surface area contributed by atoms with Crippen LogP contribution in [0.3, 0.4) is 0 Å². The molecule has 1 rings (SSSR count). The van der Waals surface area contributed by atoms with E-state index in [1.807, 2.05) is 0 Å². The molecule has 0 spiro atoms. The zero-order valence-electron chi connectivity index (χ0n) is 6.45. The van der Waals surface area contributed by atoms with Crippen molar-refractivity contribution >= 4 is 5.97 Å². The predicted molar refractivity (Wildman–Crippen MR) is 36.7 cm³/mol. The van der Waals surface area contributed by atoms with Gasteiger partial charge in [-0.1, -0.05) is 0 Å². The number of hydrogen-bond acceptors (Lipinski definition) is 4. The molecule has 0 aliphatic carbocycles. The van der Waals surface area contributed by atoms with Crippen molar-refractivity contribution in [3.63, 3.8) is 0 Å². The van der Waals surface area contributed by atoms with Crippen LogP contribution in [0.15, 0.2) is 0 Å². The van der Waals surface area contributed by atoms with Gasteiger partial charge >= 0.3 is 5.97 Å². The van der Waals surface area contributed by atoms with Gasteiger partial charge in [0.05, 0.1) is 7.11 Å². The third kappa shape index (κ3) is 1.91. The number of ether oxygens (including phenoxy) is 2. The van der Waals surface area contributed by atoms with Crippen molar-refractivity contribution in [1.29, 1.82) is 0 Å². The molecule has 0 amide bonds. The van der Waals surface area contributed by atoms with Gasteiger partial charge in [0.15, 0.2) is 6.29 Å². The van der Waals surface area contributed by atoms with Crippen LogP contribution < -0.4 is 0 Å². The Morgan fingerprint density at radius 2 is 2.45 bits per heavy atom. The minimum Gasteiger partial charge on any atom is -0.469 e. The van der Waals surface area contributed by atoms with Gasteiger partial charge in [-0.15, -0.1) is 0 Å². The Bertz CT molecular complexity index is 145. The Morgan fingerprint density at radius 1 is 1.73 bits per heavy atom. The highest BCUT2D eigenvalue weighted by atomic mass is 16.6. The van der Waals surface area contributed by atoms with Crippen molar-refractivity contribution in [2.45, 2.75) is 19.1 Å². The maximum atomic E-state index is 10.9. The van der Waals surface area contributed by atoms with Crippen LogP contribution in [-0.4, -0.2) is 31.1 Å². The number of carbonyl (C=O) groups is 1. The van der Waals surface area contributed by atoms with Gasteiger partial charge < -0.3 is 14.6 Å². The van der Waals surface area contributed by atoms with Gasteiger partial charge in [-0.05, 0) is 12.8 Å². The molecule has 2 atom stereocenters. The molecular formula is C7H12O4. The highest BCUT2D eigenvalue weighted by molar-refractivity contribution is 5.72. The van der Waals surface area contributed by atoms with Gasteiger partial charge in [0.25, 0.3) is 0 Å². The standard InChI is InChI=1S/C7H12O4/c1-10-6(8)5-3-2-4-11-7(5)9/h5,7,9H,2-4H2,1H3. The molecule has 1 aliphatic rings. The van der Waals surface area contributed by atoms with Crippen LogP contribution in [0.5, 0.6) is 0 Å². The Labute approximate surface area is 65.1 Å². The van der Waals surface area contributed by atoms with E-state index in [0.717, 1.165) is 6.42 Å². The van der Waals surface area contributed by atoms with E-state index in [1.54, 1.807) is 0 Å². The van der Waals surface area contributed by atoms with Gasteiger partial charge in [-0.2, -0.15) is 0 Å². The van der Waals surface area contributed by atoms with Gasteiger partial charge in [0, 0.05) is 6.61 Å². The molecule has 64 valence electrons. The maximum absolute atomic E-state index is 10.9. The largest absolute Gasteiger partial charge is 0.469 e. The predicted octanol–water partition coefficient (Wildman–Crippen LogP) is -0.0956. The van der Waals surface area contributed by atoms with Crippen molar-refractivity contribution in [1.82, 2.24) is 0 Å². The number of carbonyl (C=O) groups excluding carboxylic acids is 1. The summed E-state index contributed by atoms with van der Waals surface area (Å²) in [6.07, 6.45) is 0.473. The average molecular weight is 160 g/mol. The van der Waals surface area contributed by atoms with Crippen molar-refractivity contribution in [3.8, 4) is 0 Å². The zero-order valence-corrected chi connectivity index (χ0v) is 6.45. The number of esters is 1. The molecule has 1 saturated heterocycles. The Kier molecular flexibility index (Phi) is 2.84. The number of hydrogen-bond donors (Lipinski definition) is 1. The van der Waals surface area contributed by atoms with Crippen LogP contribution in [0, 0.1) is 5.92 Å². The first kappa shape index (κ1) is 8.49. The monoisotopic (exact) mass is 160 g/mol. The van der Waals surface area contributed by atoms with Gasteiger partial charge in [0.1, 0.15) is 5.92 Å². The van der Waals surface area contributed by atoms with E-state index < -0.39 is 18.2 Å². The maximum Gasteiger partial charge on any atom is 0.313 e. The van der Waals surface area contributed by atoms with E-state index in [4.69, 9.17) is 9.84 Å². The molecule has 0 bridgehead atoms. The van der Waals surface area contributed by atoms with E-state index >= 15 is 0 Å². The highest BCUT2D eigenvalue weighted by Crippen LogP contribution is 2.19. The topological polar surface area (TPSA) is 55.8 Å².